The Hall–Kier alpha value is -2.65. The van der Waals surface area contributed by atoms with Gasteiger partial charge in [0.2, 0.25) is 11.8 Å². The molecule has 0 heterocycles. The molecule has 7 N–H and O–H groups in total. The van der Waals surface area contributed by atoms with Crippen molar-refractivity contribution < 1.29 is 29.7 Å². The molecule has 9 heteroatoms. The molecule has 2 amide bonds. The molecule has 1 aromatic rings. The first-order chi connectivity index (χ1) is 13.0. The largest absolute Gasteiger partial charge is 0.508 e. The van der Waals surface area contributed by atoms with E-state index in [2.05, 4.69) is 10.6 Å². The number of nitrogens with one attached hydrogen (secondary N) is 2. The molecule has 0 fully saturated rings. The Labute approximate surface area is 163 Å². The molecule has 0 aliphatic rings. The number of benzene rings is 1. The fourth-order valence-electron chi connectivity index (χ4n) is 2.61. The van der Waals surface area contributed by atoms with Gasteiger partial charge in [-0.2, -0.15) is 0 Å². The molecule has 4 atom stereocenters. The van der Waals surface area contributed by atoms with Gasteiger partial charge in [-0.05, 0) is 37.0 Å². The highest BCUT2D eigenvalue weighted by Crippen LogP contribution is 2.12. The Morgan fingerprint density at radius 2 is 1.61 bits per heavy atom. The van der Waals surface area contributed by atoms with Gasteiger partial charge in [-0.15, -0.1) is 0 Å². The maximum Gasteiger partial charge on any atom is 0.326 e. The van der Waals surface area contributed by atoms with Crippen molar-refractivity contribution in [3.63, 3.8) is 0 Å². The topological polar surface area (TPSA) is 162 Å². The molecule has 0 saturated carbocycles. The molecule has 1 aromatic carbocycles. The average Bonchev–Trinajstić information content (AvgIpc) is 2.59. The van der Waals surface area contributed by atoms with Gasteiger partial charge in [-0.25, -0.2) is 4.79 Å². The van der Waals surface area contributed by atoms with E-state index < -0.39 is 42.0 Å². The summed E-state index contributed by atoms with van der Waals surface area (Å²) < 4.78 is 0. The summed E-state index contributed by atoms with van der Waals surface area (Å²) in [7, 11) is 0. The van der Waals surface area contributed by atoms with Crippen molar-refractivity contribution >= 4 is 17.8 Å². The van der Waals surface area contributed by atoms with Gasteiger partial charge in [0.15, 0.2) is 0 Å². The highest BCUT2D eigenvalue weighted by molar-refractivity contribution is 5.92. The standard InChI is InChI=1S/C19H29N3O6/c1-10(2)8-14(20)17(25)22-16(11(3)23)18(26)21-15(19(27)28)9-12-4-6-13(24)7-5-12/h4-7,10-11,14-16,23-24H,8-9,20H2,1-3H3,(H,21,26)(H,22,25)(H,27,28). The number of aliphatic hydroxyl groups is 1. The van der Waals surface area contributed by atoms with Crippen LogP contribution in [0.3, 0.4) is 0 Å². The van der Waals surface area contributed by atoms with Crippen LogP contribution in [0.25, 0.3) is 0 Å². The molecule has 0 aliphatic carbocycles. The molecule has 0 bridgehead atoms. The van der Waals surface area contributed by atoms with E-state index >= 15 is 0 Å². The fourth-order valence-corrected chi connectivity index (χ4v) is 2.61. The third kappa shape index (κ3) is 7.53. The molecule has 0 aromatic heterocycles. The molecule has 1 rings (SSSR count). The molecular formula is C19H29N3O6. The summed E-state index contributed by atoms with van der Waals surface area (Å²) in [6, 6.07) is 2.43. The number of aliphatic hydroxyl groups excluding tert-OH is 1. The van der Waals surface area contributed by atoms with Gasteiger partial charge in [-0.3, -0.25) is 9.59 Å². The first kappa shape index (κ1) is 23.4. The Morgan fingerprint density at radius 3 is 2.07 bits per heavy atom. The van der Waals surface area contributed by atoms with Crippen LogP contribution >= 0.6 is 0 Å². The lowest BCUT2D eigenvalue weighted by Crippen LogP contribution is -2.58. The van der Waals surface area contributed by atoms with Gasteiger partial charge in [-0.1, -0.05) is 26.0 Å². The average molecular weight is 395 g/mol. The Balaban J connectivity index is 2.82. The normalized spacial score (nSPS) is 15.4. The highest BCUT2D eigenvalue weighted by Gasteiger charge is 2.31. The van der Waals surface area contributed by atoms with Crippen molar-refractivity contribution in [1.82, 2.24) is 10.6 Å². The number of rotatable bonds is 10. The van der Waals surface area contributed by atoms with Crippen molar-refractivity contribution in [1.29, 1.82) is 0 Å². The smallest absolute Gasteiger partial charge is 0.326 e. The number of carboxylic acids is 1. The van der Waals surface area contributed by atoms with Crippen molar-refractivity contribution in [2.45, 2.75) is 57.8 Å². The van der Waals surface area contributed by atoms with Gasteiger partial charge in [0.1, 0.15) is 17.8 Å². The summed E-state index contributed by atoms with van der Waals surface area (Å²) in [5.74, 6) is -2.49. The number of phenolic OH excluding ortho intramolecular Hbond substituents is 1. The maximum atomic E-state index is 12.5. The van der Waals surface area contributed by atoms with E-state index in [0.717, 1.165) is 0 Å². The molecule has 0 saturated heterocycles. The van der Waals surface area contributed by atoms with Crippen LogP contribution in [0.1, 0.15) is 32.8 Å². The number of aliphatic carboxylic acids is 1. The molecule has 9 nitrogen and oxygen atoms in total. The van der Waals surface area contributed by atoms with Gasteiger partial charge >= 0.3 is 5.97 Å². The summed E-state index contributed by atoms with van der Waals surface area (Å²) in [6.07, 6.45) is -0.883. The third-order valence-corrected chi connectivity index (χ3v) is 4.12. The van der Waals surface area contributed by atoms with Crippen LogP contribution < -0.4 is 16.4 Å². The van der Waals surface area contributed by atoms with Crippen LogP contribution in [0.2, 0.25) is 0 Å². The number of amides is 2. The van der Waals surface area contributed by atoms with Gasteiger partial charge in [0.25, 0.3) is 0 Å². The molecule has 0 aliphatic heterocycles. The lowest BCUT2D eigenvalue weighted by Gasteiger charge is -2.25. The zero-order chi connectivity index (χ0) is 21.4. The summed E-state index contributed by atoms with van der Waals surface area (Å²) in [5, 5.41) is 33.3. The minimum Gasteiger partial charge on any atom is -0.508 e. The number of phenols is 1. The van der Waals surface area contributed by atoms with Crippen LogP contribution in [-0.4, -0.2) is 57.3 Å². The summed E-state index contributed by atoms with van der Waals surface area (Å²) >= 11 is 0. The molecular weight excluding hydrogens is 366 g/mol. The van der Waals surface area contributed by atoms with Crippen LogP contribution in [0.5, 0.6) is 5.75 Å². The Morgan fingerprint density at radius 1 is 1.04 bits per heavy atom. The summed E-state index contributed by atoms with van der Waals surface area (Å²) in [5.41, 5.74) is 6.38. The number of carboxylic acid groups (broad SMARTS) is 1. The van der Waals surface area contributed by atoms with E-state index in [1.165, 1.54) is 31.2 Å². The first-order valence-corrected chi connectivity index (χ1v) is 9.06. The third-order valence-electron chi connectivity index (χ3n) is 4.12. The summed E-state index contributed by atoms with van der Waals surface area (Å²) in [6.45, 7) is 5.10. The first-order valence-electron chi connectivity index (χ1n) is 9.06. The Bertz CT molecular complexity index is 675. The van der Waals surface area contributed by atoms with Crippen molar-refractivity contribution in [3.8, 4) is 5.75 Å². The van der Waals surface area contributed by atoms with Crippen LogP contribution in [-0.2, 0) is 20.8 Å². The highest BCUT2D eigenvalue weighted by atomic mass is 16.4. The van der Waals surface area contributed by atoms with E-state index in [1.807, 2.05) is 13.8 Å². The van der Waals surface area contributed by atoms with E-state index in [0.29, 0.717) is 12.0 Å². The van der Waals surface area contributed by atoms with Crippen molar-refractivity contribution in [2.75, 3.05) is 0 Å². The van der Waals surface area contributed by atoms with E-state index in [4.69, 9.17) is 5.73 Å². The van der Waals surface area contributed by atoms with E-state index in [9.17, 15) is 29.7 Å². The van der Waals surface area contributed by atoms with Crippen molar-refractivity contribution in [3.05, 3.63) is 29.8 Å². The maximum absolute atomic E-state index is 12.5. The minimum absolute atomic E-state index is 0.0330. The number of nitrogens with two attached hydrogens (primary N) is 1. The molecule has 28 heavy (non-hydrogen) atoms. The fraction of sp³-hybridized carbons (Fsp3) is 0.526. The van der Waals surface area contributed by atoms with Crippen LogP contribution in [0, 0.1) is 5.92 Å². The lowest BCUT2D eigenvalue weighted by molar-refractivity contribution is -0.142. The quantitative estimate of drug-likeness (QED) is 0.318. The van der Waals surface area contributed by atoms with E-state index in [-0.39, 0.29) is 18.1 Å². The minimum atomic E-state index is -1.34. The zero-order valence-electron chi connectivity index (χ0n) is 16.3. The molecule has 0 radical (unpaired) electrons. The van der Waals surface area contributed by atoms with Crippen molar-refractivity contribution in [2.24, 2.45) is 11.7 Å². The van der Waals surface area contributed by atoms with Crippen LogP contribution in [0.15, 0.2) is 24.3 Å². The van der Waals surface area contributed by atoms with Gasteiger partial charge in [0, 0.05) is 6.42 Å². The Kier molecular flexibility index (Phi) is 8.87. The predicted octanol–water partition coefficient (Wildman–Crippen LogP) is -0.257. The molecule has 4 unspecified atom stereocenters. The van der Waals surface area contributed by atoms with Crippen LogP contribution in [0.4, 0.5) is 0 Å². The lowest BCUT2D eigenvalue weighted by atomic mass is 10.0. The molecule has 0 spiro atoms. The SMILES string of the molecule is CC(C)CC(N)C(=O)NC(C(=O)NC(Cc1ccc(O)cc1)C(=O)O)C(C)O. The summed E-state index contributed by atoms with van der Waals surface area (Å²) in [4.78, 5) is 36.2. The second kappa shape index (κ2) is 10.6. The van der Waals surface area contributed by atoms with Gasteiger partial charge in [0.05, 0.1) is 12.1 Å². The van der Waals surface area contributed by atoms with E-state index in [1.54, 1.807) is 0 Å². The number of aromatic hydroxyl groups is 1. The second-order valence-corrected chi connectivity index (χ2v) is 7.23. The second-order valence-electron chi connectivity index (χ2n) is 7.23. The number of carbonyl (C=O) groups excluding carboxylic acids is 2. The predicted molar refractivity (Wildman–Crippen MR) is 102 cm³/mol. The zero-order valence-corrected chi connectivity index (χ0v) is 16.3. The monoisotopic (exact) mass is 395 g/mol. The van der Waals surface area contributed by atoms with Gasteiger partial charge < -0.3 is 31.7 Å². The number of hydrogen-bond donors (Lipinski definition) is 6. The number of hydrogen-bond acceptors (Lipinski definition) is 6. The number of carbonyl (C=O) groups is 3. The molecule has 156 valence electrons.